The molecule has 5 nitrogen and oxygen atoms in total. The molecule has 1 fully saturated rings. The first-order valence-corrected chi connectivity index (χ1v) is 9.87. The number of fused-ring (bicyclic) bond motifs is 1. The lowest BCUT2D eigenvalue weighted by molar-refractivity contribution is 0.0713. The molecule has 0 saturated carbocycles. The first-order chi connectivity index (χ1) is 13.7. The Bertz CT molecular complexity index is 971. The molecule has 0 bridgehead atoms. The van der Waals surface area contributed by atoms with Crippen LogP contribution in [0.2, 0.25) is 0 Å². The molecule has 1 aromatic heterocycles. The largest absolute Gasteiger partial charge is 0.493 e. The van der Waals surface area contributed by atoms with E-state index in [1.807, 2.05) is 17.9 Å². The van der Waals surface area contributed by atoms with Crippen molar-refractivity contribution in [3.63, 3.8) is 0 Å². The maximum absolute atomic E-state index is 13.0. The summed E-state index contributed by atoms with van der Waals surface area (Å²) >= 11 is 0. The number of benzene rings is 2. The molecule has 1 aliphatic heterocycles. The standard InChI is InChI=1S/C23H26N2O3/c1-3-28-22-14-17(8-9-21(22)27-2)23(26)25-12-10-16(11-13-25)19-15-24-20-7-5-4-6-18(19)20/h4-9,14-16,24H,3,10-13H2,1-2H3. The van der Waals surface area contributed by atoms with Gasteiger partial charge in [-0.25, -0.2) is 0 Å². The van der Waals surface area contributed by atoms with Crippen molar-refractivity contribution in [3.05, 3.63) is 59.8 Å². The molecule has 146 valence electrons. The molecule has 1 aliphatic rings. The van der Waals surface area contributed by atoms with Crippen LogP contribution in [0.4, 0.5) is 0 Å². The average Bonchev–Trinajstić information content (AvgIpc) is 3.18. The van der Waals surface area contributed by atoms with Crippen LogP contribution in [0.5, 0.6) is 11.5 Å². The predicted molar refractivity (Wildman–Crippen MR) is 110 cm³/mol. The first kappa shape index (κ1) is 18.4. The summed E-state index contributed by atoms with van der Waals surface area (Å²) in [5.41, 5.74) is 3.19. The number of aromatic nitrogens is 1. The number of H-pyrrole nitrogens is 1. The second-order valence-electron chi connectivity index (χ2n) is 7.15. The number of hydrogen-bond acceptors (Lipinski definition) is 3. The van der Waals surface area contributed by atoms with E-state index in [0.29, 0.717) is 29.6 Å². The van der Waals surface area contributed by atoms with E-state index in [4.69, 9.17) is 9.47 Å². The molecule has 1 saturated heterocycles. The van der Waals surface area contributed by atoms with Gasteiger partial charge in [0.1, 0.15) is 0 Å². The Morgan fingerprint density at radius 3 is 2.68 bits per heavy atom. The zero-order valence-corrected chi connectivity index (χ0v) is 16.4. The minimum atomic E-state index is 0.0565. The summed E-state index contributed by atoms with van der Waals surface area (Å²) in [5.74, 6) is 1.80. The molecule has 1 N–H and O–H groups in total. The van der Waals surface area contributed by atoms with Crippen LogP contribution in [0.15, 0.2) is 48.7 Å². The fourth-order valence-electron chi connectivity index (χ4n) is 4.09. The van der Waals surface area contributed by atoms with Crippen molar-refractivity contribution in [1.29, 1.82) is 0 Å². The Morgan fingerprint density at radius 1 is 1.14 bits per heavy atom. The highest BCUT2D eigenvalue weighted by Gasteiger charge is 2.26. The number of amides is 1. The number of hydrogen-bond donors (Lipinski definition) is 1. The summed E-state index contributed by atoms with van der Waals surface area (Å²) in [6.07, 6.45) is 4.08. The van der Waals surface area contributed by atoms with E-state index in [0.717, 1.165) is 25.9 Å². The van der Waals surface area contributed by atoms with Gasteiger partial charge < -0.3 is 19.4 Å². The molecule has 3 aromatic rings. The third-order valence-corrected chi connectivity index (χ3v) is 5.55. The highest BCUT2D eigenvalue weighted by molar-refractivity contribution is 5.95. The molecule has 1 amide bonds. The van der Waals surface area contributed by atoms with Crippen molar-refractivity contribution in [2.24, 2.45) is 0 Å². The van der Waals surface area contributed by atoms with Crippen molar-refractivity contribution < 1.29 is 14.3 Å². The number of nitrogens with one attached hydrogen (secondary N) is 1. The number of rotatable bonds is 5. The average molecular weight is 378 g/mol. The van der Waals surface area contributed by atoms with Gasteiger partial charge in [0.25, 0.3) is 5.91 Å². The summed E-state index contributed by atoms with van der Waals surface area (Å²) < 4.78 is 10.9. The quantitative estimate of drug-likeness (QED) is 0.706. The number of likely N-dealkylation sites (tertiary alicyclic amines) is 1. The third-order valence-electron chi connectivity index (χ3n) is 5.55. The second kappa shape index (κ2) is 7.97. The smallest absolute Gasteiger partial charge is 0.253 e. The van der Waals surface area contributed by atoms with Gasteiger partial charge in [0.15, 0.2) is 11.5 Å². The summed E-state index contributed by atoms with van der Waals surface area (Å²) in [4.78, 5) is 18.3. The van der Waals surface area contributed by atoms with Crippen LogP contribution < -0.4 is 9.47 Å². The Labute approximate surface area is 165 Å². The van der Waals surface area contributed by atoms with E-state index in [2.05, 4.69) is 35.4 Å². The minimum Gasteiger partial charge on any atom is -0.493 e. The molecule has 0 spiro atoms. The summed E-state index contributed by atoms with van der Waals surface area (Å²) in [6.45, 7) is 3.98. The third kappa shape index (κ3) is 3.44. The Hall–Kier alpha value is -2.95. The number of carbonyl (C=O) groups excluding carboxylic acids is 1. The molecular formula is C23H26N2O3. The van der Waals surface area contributed by atoms with Crippen LogP contribution in [-0.2, 0) is 0 Å². The second-order valence-corrected chi connectivity index (χ2v) is 7.15. The van der Waals surface area contributed by atoms with Gasteiger partial charge >= 0.3 is 0 Å². The zero-order chi connectivity index (χ0) is 19.5. The van der Waals surface area contributed by atoms with Crippen LogP contribution in [0, 0.1) is 0 Å². The normalized spacial score (nSPS) is 15.0. The Kier molecular flexibility index (Phi) is 5.24. The lowest BCUT2D eigenvalue weighted by Crippen LogP contribution is -2.37. The number of methoxy groups -OCH3 is 1. The SMILES string of the molecule is CCOc1cc(C(=O)N2CCC(c3c[nH]c4ccccc34)CC2)ccc1OC. The van der Waals surface area contributed by atoms with Gasteiger partial charge in [-0.2, -0.15) is 0 Å². The summed E-state index contributed by atoms with van der Waals surface area (Å²) in [7, 11) is 1.61. The van der Waals surface area contributed by atoms with E-state index in [1.165, 1.54) is 16.5 Å². The number of nitrogens with zero attached hydrogens (tertiary/aromatic N) is 1. The van der Waals surface area contributed by atoms with E-state index >= 15 is 0 Å². The van der Waals surface area contributed by atoms with E-state index < -0.39 is 0 Å². The molecule has 0 radical (unpaired) electrons. The Morgan fingerprint density at radius 2 is 1.93 bits per heavy atom. The molecule has 0 unspecified atom stereocenters. The van der Waals surface area contributed by atoms with Gasteiger partial charge in [0.05, 0.1) is 13.7 Å². The summed E-state index contributed by atoms with van der Waals surface area (Å²) in [5, 5.41) is 1.30. The molecular weight excluding hydrogens is 352 g/mol. The fourth-order valence-corrected chi connectivity index (χ4v) is 4.09. The van der Waals surface area contributed by atoms with Gasteiger partial charge in [0, 0.05) is 35.8 Å². The van der Waals surface area contributed by atoms with Crippen LogP contribution in [-0.4, -0.2) is 42.6 Å². The van der Waals surface area contributed by atoms with Crippen molar-refractivity contribution in [1.82, 2.24) is 9.88 Å². The highest BCUT2D eigenvalue weighted by Crippen LogP contribution is 2.34. The van der Waals surface area contributed by atoms with Crippen LogP contribution in [0.25, 0.3) is 10.9 Å². The molecule has 4 rings (SSSR count). The van der Waals surface area contributed by atoms with Crippen LogP contribution in [0.3, 0.4) is 0 Å². The van der Waals surface area contributed by atoms with E-state index in [1.54, 1.807) is 19.2 Å². The Balaban J connectivity index is 1.46. The molecule has 28 heavy (non-hydrogen) atoms. The van der Waals surface area contributed by atoms with Crippen molar-refractivity contribution in [2.45, 2.75) is 25.7 Å². The van der Waals surface area contributed by atoms with Gasteiger partial charge in [-0.1, -0.05) is 18.2 Å². The minimum absolute atomic E-state index is 0.0565. The van der Waals surface area contributed by atoms with Crippen LogP contribution >= 0.6 is 0 Å². The van der Waals surface area contributed by atoms with Gasteiger partial charge in [-0.15, -0.1) is 0 Å². The van der Waals surface area contributed by atoms with E-state index in [9.17, 15) is 4.79 Å². The molecule has 5 heteroatoms. The maximum atomic E-state index is 13.0. The molecule has 2 heterocycles. The van der Waals surface area contributed by atoms with E-state index in [-0.39, 0.29) is 5.91 Å². The van der Waals surface area contributed by atoms with Crippen molar-refractivity contribution >= 4 is 16.8 Å². The zero-order valence-electron chi connectivity index (χ0n) is 16.4. The first-order valence-electron chi connectivity index (χ1n) is 9.87. The topological polar surface area (TPSA) is 54.6 Å². The summed E-state index contributed by atoms with van der Waals surface area (Å²) in [6, 6.07) is 13.8. The highest BCUT2D eigenvalue weighted by atomic mass is 16.5. The lowest BCUT2D eigenvalue weighted by Gasteiger charge is -2.32. The van der Waals surface area contributed by atoms with Gasteiger partial charge in [-0.05, 0) is 55.5 Å². The monoisotopic (exact) mass is 378 g/mol. The van der Waals surface area contributed by atoms with Crippen LogP contribution in [0.1, 0.15) is 41.6 Å². The lowest BCUT2D eigenvalue weighted by atomic mass is 9.89. The number of carbonyl (C=O) groups is 1. The number of para-hydroxylation sites is 1. The number of aromatic amines is 1. The number of piperidine rings is 1. The maximum Gasteiger partial charge on any atom is 0.253 e. The predicted octanol–water partition coefficient (Wildman–Crippen LogP) is 4.60. The van der Waals surface area contributed by atoms with Crippen molar-refractivity contribution in [3.8, 4) is 11.5 Å². The van der Waals surface area contributed by atoms with Gasteiger partial charge in [0.2, 0.25) is 0 Å². The fraction of sp³-hybridized carbons (Fsp3) is 0.348. The number of ether oxygens (including phenoxy) is 2. The molecule has 2 aromatic carbocycles. The molecule has 0 aliphatic carbocycles. The molecule has 0 atom stereocenters. The van der Waals surface area contributed by atoms with Gasteiger partial charge in [-0.3, -0.25) is 4.79 Å². The van der Waals surface area contributed by atoms with Crippen molar-refractivity contribution in [2.75, 3.05) is 26.8 Å².